The van der Waals surface area contributed by atoms with E-state index in [2.05, 4.69) is 26.1 Å². The minimum absolute atomic E-state index is 0.311. The highest BCUT2D eigenvalue weighted by Gasteiger charge is 2.02. The molecule has 0 N–H and O–H groups in total. The smallest absolute Gasteiger partial charge is 0.137 e. The van der Waals surface area contributed by atoms with Gasteiger partial charge in [-0.15, -0.1) is 0 Å². The predicted octanol–water partition coefficient (Wildman–Crippen LogP) is 2.96. The first kappa shape index (κ1) is 11.0. The minimum Gasteiger partial charge on any atom is -0.487 e. The third-order valence-electron chi connectivity index (χ3n) is 1.91. The number of halogens is 2. The standard InChI is InChI=1S/C11H8BrFN2O/c12-10-6-9(3-4-11(10)13)16-7-8-2-1-5-14-15-8/h1-6H,7H2. The van der Waals surface area contributed by atoms with Crippen molar-refractivity contribution >= 4 is 15.9 Å². The molecule has 82 valence electrons. The summed E-state index contributed by atoms with van der Waals surface area (Å²) in [5, 5.41) is 7.60. The Balaban J connectivity index is 2.03. The molecule has 1 aromatic heterocycles. The molecular formula is C11H8BrFN2O. The number of ether oxygens (including phenoxy) is 1. The summed E-state index contributed by atoms with van der Waals surface area (Å²) in [6.45, 7) is 0.311. The van der Waals surface area contributed by atoms with Crippen LogP contribution in [0.15, 0.2) is 41.0 Å². The van der Waals surface area contributed by atoms with Crippen LogP contribution in [0.1, 0.15) is 5.69 Å². The van der Waals surface area contributed by atoms with Crippen LogP contribution in [0, 0.1) is 5.82 Å². The van der Waals surface area contributed by atoms with Gasteiger partial charge in [-0.3, -0.25) is 0 Å². The fraction of sp³-hybridized carbons (Fsp3) is 0.0909. The summed E-state index contributed by atoms with van der Waals surface area (Å²) < 4.78 is 18.7. The van der Waals surface area contributed by atoms with Gasteiger partial charge < -0.3 is 4.74 Å². The van der Waals surface area contributed by atoms with Gasteiger partial charge in [-0.05, 0) is 46.3 Å². The Morgan fingerprint density at radius 2 is 2.19 bits per heavy atom. The van der Waals surface area contributed by atoms with Gasteiger partial charge in [0.1, 0.15) is 23.9 Å². The maximum atomic E-state index is 12.9. The highest BCUT2D eigenvalue weighted by molar-refractivity contribution is 9.10. The summed E-state index contributed by atoms with van der Waals surface area (Å²) in [7, 11) is 0. The Morgan fingerprint density at radius 1 is 1.31 bits per heavy atom. The topological polar surface area (TPSA) is 35.0 Å². The van der Waals surface area contributed by atoms with Crippen molar-refractivity contribution < 1.29 is 9.13 Å². The van der Waals surface area contributed by atoms with Crippen LogP contribution in [0.4, 0.5) is 4.39 Å². The SMILES string of the molecule is Fc1ccc(OCc2cccnn2)cc1Br. The van der Waals surface area contributed by atoms with E-state index in [0.29, 0.717) is 16.8 Å². The fourth-order valence-corrected chi connectivity index (χ4v) is 1.49. The van der Waals surface area contributed by atoms with Crippen molar-refractivity contribution in [2.45, 2.75) is 6.61 Å². The highest BCUT2D eigenvalue weighted by atomic mass is 79.9. The van der Waals surface area contributed by atoms with Gasteiger partial charge in [0.15, 0.2) is 0 Å². The lowest BCUT2D eigenvalue weighted by molar-refractivity contribution is 0.299. The zero-order valence-corrected chi connectivity index (χ0v) is 9.82. The Bertz CT molecular complexity index is 479. The molecule has 0 atom stereocenters. The van der Waals surface area contributed by atoms with E-state index >= 15 is 0 Å². The summed E-state index contributed by atoms with van der Waals surface area (Å²) in [5.74, 6) is 0.269. The molecule has 0 unspecified atom stereocenters. The molecule has 0 aliphatic heterocycles. The Morgan fingerprint density at radius 3 is 2.88 bits per heavy atom. The van der Waals surface area contributed by atoms with Crippen LogP contribution in [0.2, 0.25) is 0 Å². The van der Waals surface area contributed by atoms with E-state index in [9.17, 15) is 4.39 Å². The van der Waals surface area contributed by atoms with Crippen LogP contribution in [0.25, 0.3) is 0 Å². The molecule has 0 bridgehead atoms. The first-order chi connectivity index (χ1) is 7.75. The lowest BCUT2D eigenvalue weighted by atomic mass is 10.3. The van der Waals surface area contributed by atoms with E-state index in [0.717, 1.165) is 5.69 Å². The zero-order valence-electron chi connectivity index (χ0n) is 8.23. The number of benzene rings is 1. The van der Waals surface area contributed by atoms with Gasteiger partial charge in [-0.1, -0.05) is 0 Å². The second kappa shape index (κ2) is 5.03. The number of hydrogen-bond donors (Lipinski definition) is 0. The summed E-state index contributed by atoms with van der Waals surface area (Å²) in [6.07, 6.45) is 1.60. The zero-order chi connectivity index (χ0) is 11.4. The molecule has 0 saturated carbocycles. The van der Waals surface area contributed by atoms with Crippen molar-refractivity contribution in [3.8, 4) is 5.75 Å². The molecule has 0 saturated heterocycles. The lowest BCUT2D eigenvalue weighted by Crippen LogP contribution is -1.99. The first-order valence-corrected chi connectivity index (χ1v) is 5.39. The summed E-state index contributed by atoms with van der Waals surface area (Å²) in [5.41, 5.74) is 0.725. The van der Waals surface area contributed by atoms with Crippen LogP contribution in [-0.2, 0) is 6.61 Å². The number of nitrogens with zero attached hydrogens (tertiary/aromatic N) is 2. The molecule has 0 fully saturated rings. The molecule has 2 aromatic rings. The van der Waals surface area contributed by atoms with Crippen molar-refractivity contribution in [1.29, 1.82) is 0 Å². The van der Waals surface area contributed by atoms with Crippen molar-refractivity contribution in [2.24, 2.45) is 0 Å². The Labute approximate surface area is 100 Å². The molecule has 0 amide bonds. The first-order valence-electron chi connectivity index (χ1n) is 4.60. The fourth-order valence-electron chi connectivity index (χ4n) is 1.13. The van der Waals surface area contributed by atoms with Crippen molar-refractivity contribution in [3.05, 3.63) is 52.5 Å². The number of hydrogen-bond acceptors (Lipinski definition) is 3. The van der Waals surface area contributed by atoms with Gasteiger partial charge >= 0.3 is 0 Å². The van der Waals surface area contributed by atoms with Gasteiger partial charge in [0.2, 0.25) is 0 Å². The monoisotopic (exact) mass is 282 g/mol. The van der Waals surface area contributed by atoms with Gasteiger partial charge in [0.05, 0.1) is 4.47 Å². The van der Waals surface area contributed by atoms with Crippen LogP contribution >= 0.6 is 15.9 Å². The predicted molar refractivity (Wildman–Crippen MR) is 60.5 cm³/mol. The average Bonchev–Trinajstić information content (AvgIpc) is 2.32. The molecule has 5 heteroatoms. The van der Waals surface area contributed by atoms with Gasteiger partial charge in [-0.25, -0.2) is 4.39 Å². The molecule has 0 spiro atoms. The molecule has 0 aliphatic carbocycles. The normalized spacial score (nSPS) is 10.1. The summed E-state index contributed by atoms with van der Waals surface area (Å²) in [4.78, 5) is 0. The van der Waals surface area contributed by atoms with Crippen LogP contribution in [-0.4, -0.2) is 10.2 Å². The van der Waals surface area contributed by atoms with Crippen LogP contribution < -0.4 is 4.74 Å². The molecule has 16 heavy (non-hydrogen) atoms. The minimum atomic E-state index is -0.313. The molecule has 0 radical (unpaired) electrons. The second-order valence-electron chi connectivity index (χ2n) is 3.08. The van der Waals surface area contributed by atoms with Crippen molar-refractivity contribution in [1.82, 2.24) is 10.2 Å². The molecular weight excluding hydrogens is 275 g/mol. The maximum absolute atomic E-state index is 12.9. The van der Waals surface area contributed by atoms with E-state index in [1.54, 1.807) is 24.4 Å². The second-order valence-corrected chi connectivity index (χ2v) is 3.93. The Kier molecular flexibility index (Phi) is 3.46. The van der Waals surface area contributed by atoms with Crippen molar-refractivity contribution in [3.63, 3.8) is 0 Å². The van der Waals surface area contributed by atoms with Gasteiger partial charge in [0.25, 0.3) is 0 Å². The maximum Gasteiger partial charge on any atom is 0.137 e. The highest BCUT2D eigenvalue weighted by Crippen LogP contribution is 2.22. The third kappa shape index (κ3) is 2.76. The van der Waals surface area contributed by atoms with E-state index in [1.807, 2.05) is 6.07 Å². The van der Waals surface area contributed by atoms with Gasteiger partial charge in [0, 0.05) is 6.20 Å². The number of aromatic nitrogens is 2. The lowest BCUT2D eigenvalue weighted by Gasteiger charge is -2.05. The van der Waals surface area contributed by atoms with Crippen LogP contribution in [0.3, 0.4) is 0 Å². The molecule has 3 nitrogen and oxygen atoms in total. The van der Waals surface area contributed by atoms with E-state index < -0.39 is 0 Å². The summed E-state index contributed by atoms with van der Waals surface area (Å²) >= 11 is 3.09. The molecule has 1 aromatic carbocycles. The average molecular weight is 283 g/mol. The molecule has 1 heterocycles. The van der Waals surface area contributed by atoms with Crippen LogP contribution in [0.5, 0.6) is 5.75 Å². The Hall–Kier alpha value is -1.49. The van der Waals surface area contributed by atoms with E-state index in [4.69, 9.17) is 4.74 Å². The summed E-state index contributed by atoms with van der Waals surface area (Å²) in [6, 6.07) is 8.08. The number of rotatable bonds is 3. The van der Waals surface area contributed by atoms with E-state index in [-0.39, 0.29) is 5.82 Å². The quantitative estimate of drug-likeness (QED) is 0.868. The molecule has 0 aliphatic rings. The third-order valence-corrected chi connectivity index (χ3v) is 2.51. The largest absolute Gasteiger partial charge is 0.487 e. The van der Waals surface area contributed by atoms with Crippen molar-refractivity contribution in [2.75, 3.05) is 0 Å². The van der Waals surface area contributed by atoms with Gasteiger partial charge in [-0.2, -0.15) is 10.2 Å². The molecule has 2 rings (SSSR count). The van der Waals surface area contributed by atoms with E-state index in [1.165, 1.54) is 6.07 Å².